The van der Waals surface area contributed by atoms with Gasteiger partial charge in [-0.25, -0.2) is 9.18 Å². The molecule has 1 aromatic heterocycles. The van der Waals surface area contributed by atoms with Gasteiger partial charge < -0.3 is 19.4 Å². The Labute approximate surface area is 165 Å². The van der Waals surface area contributed by atoms with Crippen molar-refractivity contribution in [3.05, 3.63) is 53.7 Å². The van der Waals surface area contributed by atoms with E-state index in [4.69, 9.17) is 9.15 Å². The molecule has 0 aliphatic carbocycles. The molecule has 0 bridgehead atoms. The van der Waals surface area contributed by atoms with Crippen LogP contribution in [-0.2, 0) is 19.1 Å². The van der Waals surface area contributed by atoms with Crippen molar-refractivity contribution in [2.24, 2.45) is 0 Å². The highest BCUT2D eigenvalue weighted by Gasteiger charge is 2.43. The first-order valence-corrected chi connectivity index (χ1v) is 9.58. The van der Waals surface area contributed by atoms with Crippen LogP contribution in [0.4, 0.5) is 10.1 Å². The van der Waals surface area contributed by atoms with Crippen LogP contribution in [0.5, 0.6) is 0 Å². The Kier molecular flexibility index (Phi) is 6.03. The van der Waals surface area contributed by atoms with Gasteiger partial charge in [-0.05, 0) is 36.8 Å². The van der Waals surface area contributed by atoms with Crippen molar-refractivity contribution >= 4 is 35.2 Å². The molecule has 1 aromatic carbocycles. The summed E-state index contributed by atoms with van der Waals surface area (Å²) in [5, 5.41) is 1.93. The van der Waals surface area contributed by atoms with Crippen LogP contribution in [0.3, 0.4) is 0 Å². The van der Waals surface area contributed by atoms with Crippen molar-refractivity contribution in [2.75, 3.05) is 17.7 Å². The molecule has 3 rings (SSSR count). The topological polar surface area (TPSA) is 88.8 Å². The number of carbonyl (C=O) groups is 3. The molecule has 1 N–H and O–H groups in total. The maximum Gasteiger partial charge on any atom is 0.330 e. The van der Waals surface area contributed by atoms with Crippen LogP contribution in [-0.4, -0.2) is 41.1 Å². The number of hydrogen-bond acceptors (Lipinski definition) is 6. The summed E-state index contributed by atoms with van der Waals surface area (Å²) in [6.45, 7) is 2.51. The van der Waals surface area contributed by atoms with Gasteiger partial charge in [-0.3, -0.25) is 9.59 Å². The largest absolute Gasteiger partial charge is 0.466 e. The van der Waals surface area contributed by atoms with E-state index in [0.29, 0.717) is 11.5 Å². The number of benzene rings is 1. The van der Waals surface area contributed by atoms with Crippen LogP contribution in [0, 0.1) is 12.7 Å². The van der Waals surface area contributed by atoms with Gasteiger partial charge in [-0.15, -0.1) is 11.8 Å². The van der Waals surface area contributed by atoms with Crippen LogP contribution < -0.4 is 5.32 Å². The van der Waals surface area contributed by atoms with Gasteiger partial charge in [-0.2, -0.15) is 0 Å². The van der Waals surface area contributed by atoms with Crippen LogP contribution in [0.15, 0.2) is 41.0 Å². The Morgan fingerprint density at radius 2 is 2.14 bits per heavy atom. The van der Waals surface area contributed by atoms with Gasteiger partial charge in [0.25, 0.3) is 5.91 Å². The predicted molar refractivity (Wildman–Crippen MR) is 101 cm³/mol. The Bertz CT molecular complexity index is 886. The van der Waals surface area contributed by atoms with Gasteiger partial charge in [0, 0.05) is 12.7 Å². The number of rotatable bonds is 5. The van der Waals surface area contributed by atoms with E-state index in [1.54, 1.807) is 25.1 Å². The number of halogens is 1. The molecule has 2 heterocycles. The summed E-state index contributed by atoms with van der Waals surface area (Å²) in [7, 11) is 0. The molecule has 0 spiro atoms. The molecule has 2 atom stereocenters. The second-order valence-corrected chi connectivity index (χ2v) is 7.40. The quantitative estimate of drug-likeness (QED) is 0.768. The maximum absolute atomic E-state index is 13.8. The van der Waals surface area contributed by atoms with Gasteiger partial charge in [0.15, 0.2) is 6.61 Å². The maximum atomic E-state index is 13.8. The first-order valence-electron chi connectivity index (χ1n) is 8.53. The first kappa shape index (κ1) is 19.9. The van der Waals surface area contributed by atoms with Crippen LogP contribution in [0.2, 0.25) is 0 Å². The third-order valence-electron chi connectivity index (χ3n) is 4.17. The normalized spacial score (nSPS) is 18.8. The number of thioether (sulfide) groups is 1. The molecule has 7 nitrogen and oxygen atoms in total. The van der Waals surface area contributed by atoms with E-state index in [9.17, 15) is 18.8 Å². The fraction of sp³-hybridized carbons (Fsp3) is 0.316. The van der Waals surface area contributed by atoms with E-state index in [1.165, 1.54) is 42.0 Å². The summed E-state index contributed by atoms with van der Waals surface area (Å²) in [5.41, 5.74) is 0.724. The lowest BCUT2D eigenvalue weighted by Gasteiger charge is -2.25. The number of furan rings is 1. The van der Waals surface area contributed by atoms with Crippen molar-refractivity contribution in [1.29, 1.82) is 0 Å². The summed E-state index contributed by atoms with van der Waals surface area (Å²) in [5.74, 6) is -1.37. The Balaban J connectivity index is 1.59. The number of nitrogens with zero attached hydrogens (tertiary/aromatic N) is 1. The highest BCUT2D eigenvalue weighted by molar-refractivity contribution is 7.99. The molecule has 2 amide bonds. The molecular weight excluding hydrogens is 387 g/mol. The van der Waals surface area contributed by atoms with E-state index >= 15 is 0 Å². The standard InChI is InChI=1S/C19H19FN2O5S/c1-11-5-6-14(13(20)8-11)21-17(24)9-27-19(25)15-10-28-18(22(15)12(2)23)16-4-3-7-26-16/h3-8,15,18H,9-10H2,1-2H3,(H,21,24)/t15-,18+/m0/s1. The van der Waals surface area contributed by atoms with E-state index in [-0.39, 0.29) is 11.6 Å². The molecule has 0 unspecified atom stereocenters. The third kappa shape index (κ3) is 4.36. The lowest BCUT2D eigenvalue weighted by Crippen LogP contribution is -2.43. The molecule has 9 heteroatoms. The molecule has 1 aliphatic rings. The summed E-state index contributed by atoms with van der Waals surface area (Å²) in [6.07, 6.45) is 1.49. The third-order valence-corrected chi connectivity index (χ3v) is 5.45. The zero-order valence-corrected chi connectivity index (χ0v) is 16.1. The van der Waals surface area contributed by atoms with Crippen molar-refractivity contribution < 1.29 is 27.9 Å². The number of hydrogen-bond donors (Lipinski definition) is 1. The van der Waals surface area contributed by atoms with Gasteiger partial charge >= 0.3 is 5.97 Å². The van der Waals surface area contributed by atoms with Crippen molar-refractivity contribution in [1.82, 2.24) is 4.90 Å². The zero-order valence-electron chi connectivity index (χ0n) is 15.3. The number of anilines is 1. The molecule has 148 valence electrons. The lowest BCUT2D eigenvalue weighted by molar-refractivity contribution is -0.155. The number of aryl methyl sites for hydroxylation is 1. The summed E-state index contributed by atoms with van der Waals surface area (Å²) in [4.78, 5) is 37.8. The fourth-order valence-corrected chi connectivity index (χ4v) is 4.28. The summed E-state index contributed by atoms with van der Waals surface area (Å²) < 4.78 is 24.2. The number of nitrogens with one attached hydrogen (secondary N) is 1. The molecule has 28 heavy (non-hydrogen) atoms. The highest BCUT2D eigenvalue weighted by atomic mass is 32.2. The Morgan fingerprint density at radius 1 is 1.36 bits per heavy atom. The smallest absolute Gasteiger partial charge is 0.330 e. The van der Waals surface area contributed by atoms with E-state index in [0.717, 1.165) is 5.56 Å². The van der Waals surface area contributed by atoms with Gasteiger partial charge in [0.1, 0.15) is 23.0 Å². The molecular formula is C19H19FN2O5S. The molecule has 0 radical (unpaired) electrons. The monoisotopic (exact) mass is 406 g/mol. The number of ether oxygens (including phenoxy) is 1. The zero-order chi connectivity index (χ0) is 20.3. The van der Waals surface area contributed by atoms with Crippen molar-refractivity contribution in [3.63, 3.8) is 0 Å². The van der Waals surface area contributed by atoms with Crippen LogP contribution >= 0.6 is 11.8 Å². The number of amides is 2. The van der Waals surface area contributed by atoms with Crippen molar-refractivity contribution in [3.8, 4) is 0 Å². The predicted octanol–water partition coefficient (Wildman–Crippen LogP) is 2.87. The molecule has 1 saturated heterocycles. The second-order valence-electron chi connectivity index (χ2n) is 6.28. The minimum atomic E-state index is -0.832. The van der Waals surface area contributed by atoms with Crippen LogP contribution in [0.25, 0.3) is 0 Å². The molecule has 0 saturated carbocycles. The van der Waals surface area contributed by atoms with Crippen molar-refractivity contribution in [2.45, 2.75) is 25.3 Å². The SMILES string of the molecule is CC(=O)N1[C@@H](c2ccco2)SC[C@H]1C(=O)OCC(=O)Nc1ccc(C)cc1F. The summed E-state index contributed by atoms with van der Waals surface area (Å²) >= 11 is 1.37. The molecule has 1 fully saturated rings. The van der Waals surface area contributed by atoms with Gasteiger partial charge in [-0.1, -0.05) is 6.07 Å². The minimum absolute atomic E-state index is 0.00585. The average molecular weight is 406 g/mol. The van der Waals surface area contributed by atoms with E-state index in [1.807, 2.05) is 0 Å². The van der Waals surface area contributed by atoms with Gasteiger partial charge in [0.05, 0.1) is 12.0 Å². The van der Waals surface area contributed by atoms with E-state index < -0.39 is 35.7 Å². The highest BCUT2D eigenvalue weighted by Crippen LogP contribution is 2.41. The van der Waals surface area contributed by atoms with Crippen LogP contribution in [0.1, 0.15) is 23.6 Å². The number of esters is 1. The van der Waals surface area contributed by atoms with E-state index in [2.05, 4.69) is 5.32 Å². The average Bonchev–Trinajstić information content (AvgIpc) is 3.31. The lowest BCUT2D eigenvalue weighted by atomic mass is 10.2. The first-order chi connectivity index (χ1) is 13.4. The van der Waals surface area contributed by atoms with Gasteiger partial charge in [0.2, 0.25) is 5.91 Å². The fourth-order valence-electron chi connectivity index (χ4n) is 2.86. The minimum Gasteiger partial charge on any atom is -0.466 e. The molecule has 2 aromatic rings. The second kappa shape index (κ2) is 8.47. The molecule has 1 aliphatic heterocycles. The summed E-state index contributed by atoms with van der Waals surface area (Å²) in [6, 6.07) is 6.97. The Hall–Kier alpha value is -2.81. The Morgan fingerprint density at radius 3 is 2.79 bits per heavy atom. The number of carbonyl (C=O) groups excluding carboxylic acids is 3.